The van der Waals surface area contributed by atoms with Crippen molar-refractivity contribution < 1.29 is 0 Å². The fraction of sp³-hybridized carbons (Fsp3) is 0.0303. The van der Waals surface area contributed by atoms with Crippen molar-refractivity contribution in [3.63, 3.8) is 0 Å². The van der Waals surface area contributed by atoms with E-state index >= 15 is 0 Å². The van der Waals surface area contributed by atoms with E-state index in [1.807, 2.05) is 24.3 Å². The SMILES string of the molecule is c1ccc(-c2cc(-c3ccccc3)cc(N3c4ccccc4C4c5ccccc5N(c5ccc(-c6ccc(-c7cc(-c8ccccc8)nc(-c8ccccc8)n7)cc6)cc5)c5ccccc5C43)c2)cc1. The maximum Gasteiger partial charge on any atom is 0.160 e. The molecule has 0 N–H and O–H groups in total. The molecule has 0 bridgehead atoms. The lowest BCUT2D eigenvalue weighted by Crippen LogP contribution is -2.23. The first-order chi connectivity index (χ1) is 34.7. The number of hydrogen-bond donors (Lipinski definition) is 0. The second kappa shape index (κ2) is 17.5. The minimum absolute atomic E-state index is 0.0189. The summed E-state index contributed by atoms with van der Waals surface area (Å²) in [5.41, 5.74) is 21.7. The van der Waals surface area contributed by atoms with E-state index in [9.17, 15) is 0 Å². The summed E-state index contributed by atoms with van der Waals surface area (Å²) in [6, 6.07) is 96.3. The molecular formula is C66H46N4. The van der Waals surface area contributed by atoms with Crippen LogP contribution >= 0.6 is 0 Å². The smallest absolute Gasteiger partial charge is 0.160 e. The Balaban J connectivity index is 0.893. The van der Waals surface area contributed by atoms with E-state index in [1.54, 1.807) is 0 Å². The molecule has 0 fully saturated rings. The standard InChI is InChI=1S/C66H46N4/c1-5-19-45(20-6-1)52-41-53(46-21-7-2-8-22-46)43-55(42-52)70-62-31-17-14-28-57(62)64-56-27-13-16-30-61(56)69(63-32-18-15-29-58(63)65(64)70)54-39-37-48(38-40-54)47-33-35-50(36-34-47)60-44-59(49-23-9-3-10-24-49)67-66(68-60)51-25-11-4-12-26-51/h1-44,64-65H. The van der Waals surface area contributed by atoms with Crippen LogP contribution in [-0.4, -0.2) is 9.97 Å². The molecule has 0 saturated heterocycles. The number of para-hydroxylation sites is 3. The second-order valence-corrected chi connectivity index (χ2v) is 18.1. The third kappa shape index (κ3) is 7.34. The average Bonchev–Trinajstić information content (AvgIpc) is 3.73. The van der Waals surface area contributed by atoms with Crippen LogP contribution in [0.1, 0.15) is 28.7 Å². The van der Waals surface area contributed by atoms with Crippen LogP contribution in [0.4, 0.5) is 28.4 Å². The molecular weight excluding hydrogens is 849 g/mol. The summed E-state index contributed by atoms with van der Waals surface area (Å²) < 4.78 is 0. The van der Waals surface area contributed by atoms with Crippen LogP contribution in [0.2, 0.25) is 0 Å². The van der Waals surface area contributed by atoms with E-state index in [1.165, 1.54) is 61.7 Å². The Bertz CT molecular complexity index is 3530. The highest BCUT2D eigenvalue weighted by molar-refractivity contribution is 5.90. The van der Waals surface area contributed by atoms with Gasteiger partial charge in [0.15, 0.2) is 5.82 Å². The van der Waals surface area contributed by atoms with Crippen molar-refractivity contribution >= 4 is 28.4 Å². The van der Waals surface area contributed by atoms with E-state index < -0.39 is 0 Å². The molecule has 4 nitrogen and oxygen atoms in total. The van der Waals surface area contributed by atoms with Gasteiger partial charge in [-0.15, -0.1) is 0 Å². The van der Waals surface area contributed by atoms with Crippen LogP contribution in [0.3, 0.4) is 0 Å². The highest BCUT2D eigenvalue weighted by atomic mass is 15.2. The van der Waals surface area contributed by atoms with E-state index in [0.29, 0.717) is 5.82 Å². The summed E-state index contributed by atoms with van der Waals surface area (Å²) in [5, 5.41) is 0. The number of rotatable bonds is 8. The van der Waals surface area contributed by atoms with Gasteiger partial charge in [-0.05, 0) is 105 Å². The first-order valence-electron chi connectivity index (χ1n) is 24.0. The molecule has 70 heavy (non-hydrogen) atoms. The largest absolute Gasteiger partial charge is 0.333 e. The zero-order chi connectivity index (χ0) is 46.4. The topological polar surface area (TPSA) is 32.3 Å². The summed E-state index contributed by atoms with van der Waals surface area (Å²) in [6.45, 7) is 0. The fourth-order valence-corrected chi connectivity index (χ4v) is 10.7. The quantitative estimate of drug-likeness (QED) is 0.152. The number of hydrogen-bond acceptors (Lipinski definition) is 4. The molecule has 0 radical (unpaired) electrons. The Morgan fingerprint density at radius 1 is 0.271 bits per heavy atom. The van der Waals surface area contributed by atoms with Crippen molar-refractivity contribution in [1.82, 2.24) is 9.97 Å². The summed E-state index contributed by atoms with van der Waals surface area (Å²) in [4.78, 5) is 15.2. The van der Waals surface area contributed by atoms with Gasteiger partial charge in [0.05, 0.1) is 28.8 Å². The van der Waals surface area contributed by atoms with E-state index in [4.69, 9.17) is 9.97 Å². The molecule has 0 saturated carbocycles. The Kier molecular flexibility index (Phi) is 10.3. The Labute approximate surface area is 409 Å². The summed E-state index contributed by atoms with van der Waals surface area (Å²) in [5.74, 6) is 0.780. The Morgan fingerprint density at radius 2 is 0.657 bits per heavy atom. The van der Waals surface area contributed by atoms with Crippen molar-refractivity contribution in [2.45, 2.75) is 12.0 Å². The van der Waals surface area contributed by atoms with E-state index in [2.05, 4.69) is 252 Å². The van der Waals surface area contributed by atoms with Crippen molar-refractivity contribution in [1.29, 1.82) is 0 Å². The van der Waals surface area contributed by atoms with Gasteiger partial charge in [-0.2, -0.15) is 0 Å². The van der Waals surface area contributed by atoms with Gasteiger partial charge in [-0.3, -0.25) is 0 Å². The minimum atomic E-state index is -0.0189. The molecule has 0 spiro atoms. The van der Waals surface area contributed by atoms with Gasteiger partial charge >= 0.3 is 0 Å². The molecule has 2 aliphatic rings. The maximum absolute atomic E-state index is 5.08. The van der Waals surface area contributed by atoms with Gasteiger partial charge in [0, 0.05) is 39.7 Å². The summed E-state index contributed by atoms with van der Waals surface area (Å²) >= 11 is 0. The maximum atomic E-state index is 5.08. The molecule has 2 aliphatic heterocycles. The molecule has 1 aromatic heterocycles. The predicted molar refractivity (Wildman–Crippen MR) is 289 cm³/mol. The lowest BCUT2D eigenvalue weighted by molar-refractivity contribution is 0.665. The lowest BCUT2D eigenvalue weighted by Gasteiger charge is -2.33. The molecule has 0 aliphatic carbocycles. The van der Waals surface area contributed by atoms with Crippen LogP contribution in [0, 0.1) is 0 Å². The van der Waals surface area contributed by atoms with E-state index in [-0.39, 0.29) is 12.0 Å². The van der Waals surface area contributed by atoms with Crippen LogP contribution < -0.4 is 9.80 Å². The Morgan fingerprint density at radius 3 is 1.21 bits per heavy atom. The molecule has 2 unspecified atom stereocenters. The number of nitrogens with zero attached hydrogens (tertiary/aromatic N) is 4. The van der Waals surface area contributed by atoms with Gasteiger partial charge in [-0.25, -0.2) is 9.97 Å². The number of benzene rings is 10. The highest BCUT2D eigenvalue weighted by Crippen LogP contribution is 2.61. The molecule has 330 valence electrons. The van der Waals surface area contributed by atoms with Crippen molar-refractivity contribution in [2.24, 2.45) is 0 Å². The van der Waals surface area contributed by atoms with Crippen LogP contribution in [0.15, 0.2) is 267 Å². The zero-order valence-electron chi connectivity index (χ0n) is 38.3. The van der Waals surface area contributed by atoms with Gasteiger partial charge in [0.1, 0.15) is 0 Å². The average molecular weight is 895 g/mol. The molecule has 13 rings (SSSR count). The van der Waals surface area contributed by atoms with Crippen molar-refractivity contribution in [2.75, 3.05) is 9.80 Å². The van der Waals surface area contributed by atoms with Crippen LogP contribution in [-0.2, 0) is 0 Å². The third-order valence-electron chi connectivity index (χ3n) is 14.0. The lowest BCUT2D eigenvalue weighted by atomic mass is 9.84. The first-order valence-corrected chi connectivity index (χ1v) is 24.0. The summed E-state index contributed by atoms with van der Waals surface area (Å²) in [7, 11) is 0. The van der Waals surface area contributed by atoms with Gasteiger partial charge in [0.2, 0.25) is 0 Å². The minimum Gasteiger partial charge on any atom is -0.333 e. The molecule has 0 amide bonds. The zero-order valence-corrected chi connectivity index (χ0v) is 38.3. The number of aromatic nitrogens is 2. The molecule has 4 heteroatoms. The predicted octanol–water partition coefficient (Wildman–Crippen LogP) is 17.3. The molecule has 11 aromatic rings. The van der Waals surface area contributed by atoms with Crippen molar-refractivity contribution in [3.8, 4) is 67.3 Å². The monoisotopic (exact) mass is 894 g/mol. The highest BCUT2D eigenvalue weighted by Gasteiger charge is 2.46. The van der Waals surface area contributed by atoms with Gasteiger partial charge in [0.25, 0.3) is 0 Å². The summed E-state index contributed by atoms with van der Waals surface area (Å²) in [6.07, 6.45) is 0. The number of fused-ring (bicyclic) bond motifs is 7. The molecule has 10 aromatic carbocycles. The molecule has 3 heterocycles. The second-order valence-electron chi connectivity index (χ2n) is 18.1. The van der Waals surface area contributed by atoms with E-state index in [0.717, 1.165) is 44.9 Å². The molecule has 2 atom stereocenters. The third-order valence-corrected chi connectivity index (χ3v) is 14.0. The first kappa shape index (κ1) is 41.1. The fourth-order valence-electron chi connectivity index (χ4n) is 10.7. The van der Waals surface area contributed by atoms with Gasteiger partial charge < -0.3 is 9.80 Å². The van der Waals surface area contributed by atoms with Crippen LogP contribution in [0.5, 0.6) is 0 Å². The Hall–Kier alpha value is -9.12. The number of anilines is 5. The normalized spacial score (nSPS) is 14.5. The van der Waals surface area contributed by atoms with Gasteiger partial charge in [-0.1, -0.05) is 212 Å². The van der Waals surface area contributed by atoms with Crippen molar-refractivity contribution in [3.05, 3.63) is 284 Å². The van der Waals surface area contributed by atoms with Crippen LogP contribution in [0.25, 0.3) is 67.3 Å².